The highest BCUT2D eigenvalue weighted by molar-refractivity contribution is 5.38. The van der Waals surface area contributed by atoms with Crippen LogP contribution >= 0.6 is 0 Å². The van der Waals surface area contributed by atoms with Gasteiger partial charge in [0.25, 0.3) is 0 Å². The van der Waals surface area contributed by atoms with Crippen molar-refractivity contribution >= 4 is 11.9 Å². The number of aromatic nitrogens is 3. The summed E-state index contributed by atoms with van der Waals surface area (Å²) in [5.41, 5.74) is 0. The van der Waals surface area contributed by atoms with Gasteiger partial charge in [-0.15, -0.1) is 0 Å². The molecule has 10 heteroatoms. The Kier molecular flexibility index (Phi) is 7.14. The molecule has 0 atom stereocenters. The average Bonchev–Trinajstić information content (AvgIpc) is 2.95. The van der Waals surface area contributed by atoms with E-state index < -0.39 is 12.7 Å². The number of methoxy groups -OCH3 is 1. The molecule has 2 aliphatic heterocycles. The van der Waals surface area contributed by atoms with Crippen molar-refractivity contribution in [1.29, 1.82) is 0 Å². The summed E-state index contributed by atoms with van der Waals surface area (Å²) in [7, 11) is 1.53. The highest BCUT2D eigenvalue weighted by Gasteiger charge is 2.32. The van der Waals surface area contributed by atoms with E-state index in [0.29, 0.717) is 37.4 Å². The molecule has 1 N–H and O–H groups in total. The Morgan fingerprint density at radius 3 is 2.29 bits per heavy atom. The number of nitrogens with zero attached hydrogens (tertiary/aromatic N) is 5. The van der Waals surface area contributed by atoms with Crippen LogP contribution < -0.4 is 15.0 Å². The lowest BCUT2D eigenvalue weighted by molar-refractivity contribution is -0.148. The lowest BCUT2D eigenvalue weighted by Crippen LogP contribution is -2.41. The van der Waals surface area contributed by atoms with Gasteiger partial charge in [-0.2, -0.15) is 28.1 Å². The Bertz CT molecular complexity index is 614. The highest BCUT2D eigenvalue weighted by Crippen LogP contribution is 2.23. The largest absolute Gasteiger partial charge is 0.467 e. The fourth-order valence-corrected chi connectivity index (χ4v) is 3.77. The molecule has 0 spiro atoms. The lowest BCUT2D eigenvalue weighted by Gasteiger charge is -2.32. The predicted octanol–water partition coefficient (Wildman–Crippen LogP) is 2.95. The van der Waals surface area contributed by atoms with Crippen LogP contribution in [0.2, 0.25) is 0 Å². The van der Waals surface area contributed by atoms with Crippen LogP contribution in [-0.2, 0) is 0 Å². The Hall–Kier alpha value is -1.84. The van der Waals surface area contributed by atoms with Gasteiger partial charge in [0.15, 0.2) is 0 Å². The van der Waals surface area contributed by atoms with Gasteiger partial charge in [-0.05, 0) is 44.7 Å². The van der Waals surface area contributed by atoms with Crippen molar-refractivity contribution in [1.82, 2.24) is 19.9 Å². The summed E-state index contributed by atoms with van der Waals surface area (Å²) in [4.78, 5) is 16.8. The Morgan fingerprint density at radius 1 is 1.00 bits per heavy atom. The van der Waals surface area contributed by atoms with Crippen LogP contribution in [0.1, 0.15) is 38.5 Å². The molecule has 3 heterocycles. The van der Waals surface area contributed by atoms with E-state index in [1.807, 2.05) is 0 Å². The standard InChI is InChI=1S/C18H29F3N6O/c1-28-17-24-15(23-16(25-17)27-8-4-2-3-5-9-27)22-12-14-6-10-26(11-7-14)13-18(19,20)21/h14H,2-13H2,1H3,(H,22,23,24,25). The summed E-state index contributed by atoms with van der Waals surface area (Å²) in [5.74, 6) is 1.38. The molecule has 0 bridgehead atoms. The van der Waals surface area contributed by atoms with Crippen molar-refractivity contribution in [3.8, 4) is 6.01 Å². The number of likely N-dealkylation sites (tertiary alicyclic amines) is 1. The fourth-order valence-electron chi connectivity index (χ4n) is 3.77. The first-order chi connectivity index (χ1) is 13.4. The second-order valence-corrected chi connectivity index (χ2v) is 7.56. The van der Waals surface area contributed by atoms with Crippen LogP contribution in [0.25, 0.3) is 0 Å². The smallest absolute Gasteiger partial charge is 0.401 e. The molecule has 1 aromatic rings. The SMILES string of the molecule is COc1nc(NCC2CCN(CC(F)(F)F)CC2)nc(N2CCCCCC2)n1. The monoisotopic (exact) mass is 402 g/mol. The van der Waals surface area contributed by atoms with E-state index in [4.69, 9.17) is 4.74 Å². The summed E-state index contributed by atoms with van der Waals surface area (Å²) < 4.78 is 42.7. The molecule has 1 aromatic heterocycles. The number of alkyl halides is 3. The minimum atomic E-state index is -4.13. The normalized spacial score (nSPS) is 20.1. The molecular formula is C18H29F3N6O. The number of anilines is 2. The number of hydrogen-bond donors (Lipinski definition) is 1. The van der Waals surface area contributed by atoms with E-state index in [9.17, 15) is 13.2 Å². The third-order valence-electron chi connectivity index (χ3n) is 5.33. The molecule has 28 heavy (non-hydrogen) atoms. The summed E-state index contributed by atoms with van der Waals surface area (Å²) in [6.45, 7) is 2.58. The quantitative estimate of drug-likeness (QED) is 0.785. The first-order valence-electron chi connectivity index (χ1n) is 10.0. The maximum atomic E-state index is 12.5. The molecule has 0 aliphatic carbocycles. The van der Waals surface area contributed by atoms with Crippen LogP contribution in [0.3, 0.4) is 0 Å². The number of ether oxygens (including phenoxy) is 1. The van der Waals surface area contributed by atoms with Gasteiger partial charge in [-0.3, -0.25) is 4.90 Å². The maximum absolute atomic E-state index is 12.5. The van der Waals surface area contributed by atoms with E-state index in [-0.39, 0.29) is 6.01 Å². The molecule has 7 nitrogen and oxygen atoms in total. The van der Waals surface area contributed by atoms with Gasteiger partial charge in [0.05, 0.1) is 13.7 Å². The first-order valence-corrected chi connectivity index (χ1v) is 10.0. The molecule has 2 fully saturated rings. The van der Waals surface area contributed by atoms with Gasteiger partial charge in [-0.1, -0.05) is 12.8 Å². The van der Waals surface area contributed by atoms with Gasteiger partial charge < -0.3 is 15.0 Å². The van der Waals surface area contributed by atoms with Crippen LogP contribution in [0, 0.1) is 5.92 Å². The zero-order valence-electron chi connectivity index (χ0n) is 16.3. The van der Waals surface area contributed by atoms with Gasteiger partial charge in [-0.25, -0.2) is 0 Å². The lowest BCUT2D eigenvalue weighted by atomic mass is 9.97. The van der Waals surface area contributed by atoms with E-state index >= 15 is 0 Å². The summed E-state index contributed by atoms with van der Waals surface area (Å²) >= 11 is 0. The van der Waals surface area contributed by atoms with E-state index in [1.54, 1.807) is 0 Å². The van der Waals surface area contributed by atoms with E-state index in [1.165, 1.54) is 24.9 Å². The minimum Gasteiger partial charge on any atom is -0.467 e. The fraction of sp³-hybridized carbons (Fsp3) is 0.833. The van der Waals surface area contributed by atoms with Gasteiger partial charge in [0.1, 0.15) is 0 Å². The van der Waals surface area contributed by atoms with Crippen molar-refractivity contribution in [3.63, 3.8) is 0 Å². The zero-order valence-corrected chi connectivity index (χ0v) is 16.3. The Morgan fingerprint density at radius 2 is 1.68 bits per heavy atom. The molecular weight excluding hydrogens is 373 g/mol. The molecule has 0 aromatic carbocycles. The van der Waals surface area contributed by atoms with Crippen LogP contribution in [0.5, 0.6) is 6.01 Å². The molecule has 2 saturated heterocycles. The van der Waals surface area contributed by atoms with Crippen molar-refractivity contribution < 1.29 is 17.9 Å². The molecule has 3 rings (SSSR count). The molecule has 0 amide bonds. The summed E-state index contributed by atoms with van der Waals surface area (Å²) in [6.07, 6.45) is 2.00. The molecule has 0 unspecified atom stereocenters. The van der Waals surface area contributed by atoms with E-state index in [2.05, 4.69) is 25.2 Å². The zero-order chi connectivity index (χ0) is 20.0. The number of halogens is 3. The number of piperidine rings is 1. The summed E-state index contributed by atoms with van der Waals surface area (Å²) in [6, 6.07) is 0.275. The topological polar surface area (TPSA) is 66.4 Å². The number of hydrogen-bond acceptors (Lipinski definition) is 7. The second kappa shape index (κ2) is 9.58. The third kappa shape index (κ3) is 6.35. The molecule has 158 valence electrons. The third-order valence-corrected chi connectivity index (χ3v) is 5.33. The van der Waals surface area contributed by atoms with Gasteiger partial charge in [0, 0.05) is 19.6 Å². The van der Waals surface area contributed by atoms with Crippen molar-refractivity contribution in [3.05, 3.63) is 0 Å². The number of nitrogens with one attached hydrogen (secondary N) is 1. The minimum absolute atomic E-state index is 0.275. The average molecular weight is 402 g/mol. The van der Waals surface area contributed by atoms with E-state index in [0.717, 1.165) is 38.8 Å². The summed E-state index contributed by atoms with van der Waals surface area (Å²) in [5, 5.41) is 3.24. The van der Waals surface area contributed by atoms with Gasteiger partial charge >= 0.3 is 12.2 Å². The van der Waals surface area contributed by atoms with Crippen LogP contribution in [0.15, 0.2) is 0 Å². The van der Waals surface area contributed by atoms with Crippen LogP contribution in [0.4, 0.5) is 25.1 Å². The molecule has 2 aliphatic rings. The molecule has 0 radical (unpaired) electrons. The van der Waals surface area contributed by atoms with Gasteiger partial charge in [0.2, 0.25) is 11.9 Å². The number of rotatable bonds is 6. The maximum Gasteiger partial charge on any atom is 0.401 e. The highest BCUT2D eigenvalue weighted by atomic mass is 19.4. The Balaban J connectivity index is 1.55. The van der Waals surface area contributed by atoms with Crippen molar-refractivity contribution in [2.24, 2.45) is 5.92 Å². The van der Waals surface area contributed by atoms with Crippen LogP contribution in [-0.4, -0.2) is 72.4 Å². The Labute approximate surface area is 163 Å². The second-order valence-electron chi connectivity index (χ2n) is 7.56. The first kappa shape index (κ1) is 20.9. The van der Waals surface area contributed by atoms with Crippen molar-refractivity contribution in [2.45, 2.75) is 44.7 Å². The predicted molar refractivity (Wildman–Crippen MR) is 101 cm³/mol. The molecule has 0 saturated carbocycles. The van der Waals surface area contributed by atoms with Crippen molar-refractivity contribution in [2.75, 3.05) is 56.6 Å².